The second kappa shape index (κ2) is 23.3. The molecule has 75 heavy (non-hydrogen) atoms. The van der Waals surface area contributed by atoms with Crippen LogP contribution in [0.25, 0.3) is 33.4 Å². The molecule has 3 heterocycles. The van der Waals surface area contributed by atoms with Crippen molar-refractivity contribution < 1.29 is 90.0 Å². The maximum absolute atomic E-state index is 13.5. The standard InChI is InChI=1S/C45H44N5O22P3/c46-20-24-4-6-25(7-5-24)41(54)48-21-33-34(52)13-12-31-39(30-11-9-28(51)18-36(30)70-40(31)33)32-17-26(8-10-29(32)44(57)58)42(55)47-14-16-67-15-2-1-3-27-22-50(45(59)49-43(27)56)38-19-35(53)37(69-38)23-68-74(63,64)72-75(65,66)71-73(60,61)62/h4-13,17-18,22,35,37-38,52-53H,3,14-16,19-21,23,46H2,(H,47,55)(H,48,54)(H,57,58)(H,63,64)(H,65,66)(H,49,56,59)(H2,60,61,62)/t35-,37+,38+/m0/s1. The number of H-pyrrole nitrogens is 1. The number of ether oxygens (including phenoxy) is 2. The van der Waals surface area contributed by atoms with E-state index in [1.165, 1.54) is 48.5 Å². The molecule has 0 saturated carbocycles. The van der Waals surface area contributed by atoms with E-state index in [-0.39, 0.29) is 102 Å². The molecule has 0 radical (unpaired) electrons. The summed E-state index contributed by atoms with van der Waals surface area (Å²) in [4.78, 5) is 116. The van der Waals surface area contributed by atoms with Gasteiger partial charge < -0.3 is 65.2 Å². The van der Waals surface area contributed by atoms with E-state index in [9.17, 15) is 67.6 Å². The fourth-order valence-corrected chi connectivity index (χ4v) is 10.7. The fraction of sp³-hybridized carbons (Fsp3) is 0.244. The third kappa shape index (κ3) is 14.1. The number of aromatic hydroxyl groups is 1. The predicted octanol–water partition coefficient (Wildman–Crippen LogP) is 2.19. The number of phosphoric acid groups is 3. The molecule has 7 rings (SSSR count). The molecule has 4 aromatic rings. The lowest BCUT2D eigenvalue weighted by Gasteiger charge is -2.19. The molecule has 2 amide bonds. The van der Waals surface area contributed by atoms with Crippen LogP contribution >= 0.6 is 23.5 Å². The summed E-state index contributed by atoms with van der Waals surface area (Å²) in [6.07, 6.45) is -3.68. The number of aliphatic hydroxyl groups is 1. The second-order valence-electron chi connectivity index (χ2n) is 16.2. The molecule has 1 saturated heterocycles. The van der Waals surface area contributed by atoms with Crippen molar-refractivity contribution in [2.75, 3.05) is 26.4 Å². The number of amides is 2. The number of carbonyl (C=O) groups excluding carboxylic acids is 2. The molecule has 1 fully saturated rings. The number of hydrogen-bond donors (Lipinski definition) is 11. The molecule has 30 heteroatoms. The van der Waals surface area contributed by atoms with Crippen LogP contribution in [0.3, 0.4) is 0 Å². The number of nitrogens with one attached hydrogen (secondary N) is 3. The zero-order chi connectivity index (χ0) is 54.4. The van der Waals surface area contributed by atoms with Gasteiger partial charge in [0.05, 0.1) is 37.0 Å². The predicted molar refractivity (Wildman–Crippen MR) is 259 cm³/mol. The molecular weight excluding hydrogens is 1060 g/mol. The highest BCUT2D eigenvalue weighted by molar-refractivity contribution is 7.66. The molecule has 0 spiro atoms. The Bertz CT molecular complexity index is 3550. The maximum Gasteiger partial charge on any atom is 0.490 e. The number of rotatable bonds is 20. The van der Waals surface area contributed by atoms with Crippen LogP contribution in [0, 0.1) is 11.8 Å². The van der Waals surface area contributed by atoms with Gasteiger partial charge in [-0.15, -0.1) is 0 Å². The number of hydrogen-bond acceptors (Lipinski definition) is 18. The molecule has 2 aliphatic heterocycles. The van der Waals surface area contributed by atoms with E-state index < -0.39 is 83.0 Å². The van der Waals surface area contributed by atoms with Crippen molar-refractivity contribution in [1.82, 2.24) is 20.2 Å². The molecule has 27 nitrogen and oxygen atoms in total. The first kappa shape index (κ1) is 55.8. The van der Waals surface area contributed by atoms with Crippen molar-refractivity contribution in [1.29, 1.82) is 0 Å². The molecule has 12 N–H and O–H groups in total. The van der Waals surface area contributed by atoms with Gasteiger partial charge in [0.25, 0.3) is 17.4 Å². The lowest BCUT2D eigenvalue weighted by Crippen LogP contribution is -2.34. The summed E-state index contributed by atoms with van der Waals surface area (Å²) < 4.78 is 64.4. The third-order valence-corrected chi connectivity index (χ3v) is 14.9. The van der Waals surface area contributed by atoms with Crippen molar-refractivity contribution in [3.05, 3.63) is 143 Å². The van der Waals surface area contributed by atoms with E-state index in [2.05, 4.69) is 40.6 Å². The van der Waals surface area contributed by atoms with Crippen LogP contribution < -0.4 is 33.0 Å². The van der Waals surface area contributed by atoms with Crippen LogP contribution in [0.1, 0.15) is 60.4 Å². The third-order valence-electron chi connectivity index (χ3n) is 11.1. The van der Waals surface area contributed by atoms with Crippen LogP contribution in [0.5, 0.6) is 5.75 Å². The lowest BCUT2D eigenvalue weighted by molar-refractivity contribution is -0.0450. The number of aliphatic hydroxyl groups excluding tert-OH is 1. The minimum absolute atomic E-state index is 0.0264. The zero-order valence-electron chi connectivity index (χ0n) is 38.5. The number of nitrogens with two attached hydrogens (primary N) is 1. The highest BCUT2D eigenvalue weighted by Gasteiger charge is 2.43. The van der Waals surface area contributed by atoms with Gasteiger partial charge in [0.2, 0.25) is 0 Å². The van der Waals surface area contributed by atoms with Gasteiger partial charge in [0.15, 0.2) is 5.43 Å². The second-order valence-corrected chi connectivity index (χ2v) is 20.6. The Kier molecular flexibility index (Phi) is 17.3. The number of carboxylic acids is 1. The molecular formula is C45H44N5O22P3. The van der Waals surface area contributed by atoms with E-state index >= 15 is 0 Å². The number of carboxylic acid groups (broad SMARTS) is 1. The topological polar surface area (TPSA) is 425 Å². The summed E-state index contributed by atoms with van der Waals surface area (Å²) in [7, 11) is -17.0. The number of aromatic nitrogens is 2. The largest absolute Gasteiger partial charge is 0.507 e. The molecule has 1 aromatic heterocycles. The molecule has 1 aliphatic carbocycles. The molecule has 3 aliphatic rings. The summed E-state index contributed by atoms with van der Waals surface area (Å²) >= 11 is 0. The van der Waals surface area contributed by atoms with Crippen LogP contribution in [0.15, 0.2) is 97.8 Å². The Morgan fingerprint density at radius 2 is 1.59 bits per heavy atom. The van der Waals surface area contributed by atoms with Crippen LogP contribution in [-0.4, -0.2) is 101 Å². The lowest BCUT2D eigenvalue weighted by atomic mass is 9.88. The number of phenols is 1. The molecule has 396 valence electrons. The van der Waals surface area contributed by atoms with E-state index in [0.717, 1.165) is 16.3 Å². The van der Waals surface area contributed by atoms with Crippen molar-refractivity contribution in [3.63, 3.8) is 0 Å². The van der Waals surface area contributed by atoms with Crippen molar-refractivity contribution in [2.24, 2.45) is 5.73 Å². The summed E-state index contributed by atoms with van der Waals surface area (Å²) in [5, 5.41) is 37.5. The first-order valence-electron chi connectivity index (χ1n) is 21.9. The number of phosphoric ester groups is 1. The van der Waals surface area contributed by atoms with E-state index in [4.69, 9.17) is 29.4 Å². The smallest absolute Gasteiger partial charge is 0.490 e. The monoisotopic (exact) mass is 1100 g/mol. The first-order chi connectivity index (χ1) is 35.4. The summed E-state index contributed by atoms with van der Waals surface area (Å²) in [5.74, 6) is 2.67. The normalized spacial score (nSPS) is 17.2. The SMILES string of the molecule is NCc1ccc(C(=O)NCc2c(O)ccc3c(-c4cc(C(=O)NCCOCC#CCc5cn([C@H]6C[C@H](O)[C@@H](COP(=O)(O)OP(=O)(O)OP(=O)(O)O)O6)c(=O)[nH]c5=O)ccc4C(=O)O)c4ccc(=O)cc-4oc23)cc1. The Hall–Kier alpha value is -6.95. The molecule has 5 atom stereocenters. The van der Waals surface area contributed by atoms with Gasteiger partial charge in [-0.25, -0.2) is 23.3 Å². The van der Waals surface area contributed by atoms with Gasteiger partial charge in [0, 0.05) is 71.4 Å². The molecule has 0 bridgehead atoms. The average Bonchev–Trinajstić information content (AvgIpc) is 3.71. The zero-order valence-corrected chi connectivity index (χ0v) is 41.2. The Balaban J connectivity index is 0.982. The fourth-order valence-electron chi connectivity index (χ4n) is 7.63. The van der Waals surface area contributed by atoms with Gasteiger partial charge in [-0.3, -0.25) is 33.3 Å². The van der Waals surface area contributed by atoms with Gasteiger partial charge >= 0.3 is 35.1 Å². The Morgan fingerprint density at radius 3 is 2.29 bits per heavy atom. The number of nitrogens with zero attached hydrogens (tertiary/aromatic N) is 1. The highest BCUT2D eigenvalue weighted by atomic mass is 31.3. The number of phenolic OH excluding ortho intramolecular Hbond substituents is 1. The minimum Gasteiger partial charge on any atom is -0.507 e. The summed E-state index contributed by atoms with van der Waals surface area (Å²) in [5.41, 5.74) is 5.11. The van der Waals surface area contributed by atoms with E-state index in [0.29, 0.717) is 11.1 Å². The van der Waals surface area contributed by atoms with Gasteiger partial charge in [-0.2, -0.15) is 8.62 Å². The van der Waals surface area contributed by atoms with Crippen LogP contribution in [0.2, 0.25) is 0 Å². The van der Waals surface area contributed by atoms with E-state index in [1.807, 2.05) is 0 Å². The van der Waals surface area contributed by atoms with Crippen molar-refractivity contribution in [3.8, 4) is 40.0 Å². The number of carbonyl (C=O) groups is 3. The minimum atomic E-state index is -5.81. The average molecular weight is 1100 g/mol. The van der Waals surface area contributed by atoms with Crippen molar-refractivity contribution >= 4 is 52.2 Å². The highest BCUT2D eigenvalue weighted by Crippen LogP contribution is 2.66. The Labute approximate surface area is 421 Å². The maximum atomic E-state index is 13.5. The number of aromatic amines is 1. The number of fused-ring (bicyclic) bond motifs is 2. The Morgan fingerprint density at radius 1 is 0.867 bits per heavy atom. The van der Waals surface area contributed by atoms with Crippen molar-refractivity contribution in [2.45, 2.75) is 44.4 Å². The summed E-state index contributed by atoms with van der Waals surface area (Å²) in [6.45, 7) is -1.27. The number of benzene rings is 4. The number of aromatic carboxylic acids is 1. The first-order valence-corrected chi connectivity index (χ1v) is 26.4. The molecule has 3 aromatic carbocycles. The molecule has 2 unspecified atom stereocenters. The van der Waals surface area contributed by atoms with E-state index in [1.54, 1.807) is 24.3 Å². The van der Waals surface area contributed by atoms with Gasteiger partial charge in [-0.1, -0.05) is 24.0 Å². The summed E-state index contributed by atoms with van der Waals surface area (Å²) in [6, 6.07) is 17.2. The van der Waals surface area contributed by atoms with Crippen LogP contribution in [-0.2, 0) is 55.8 Å². The quantitative estimate of drug-likeness (QED) is 0.0226. The van der Waals surface area contributed by atoms with Crippen LogP contribution in [0.4, 0.5) is 0 Å². The van der Waals surface area contributed by atoms with Gasteiger partial charge in [-0.05, 0) is 65.7 Å². The van der Waals surface area contributed by atoms with Gasteiger partial charge in [0.1, 0.15) is 36.0 Å².